The molecule has 1 fully saturated rings. The fraction of sp³-hybridized carbons (Fsp3) is 1.00. The van der Waals surface area contributed by atoms with Crippen LogP contribution in [-0.4, -0.2) is 60.6 Å². The molecule has 5 nitrogen and oxygen atoms in total. The summed E-state index contributed by atoms with van der Waals surface area (Å²) in [6.45, 7) is 2.62. The van der Waals surface area contributed by atoms with Crippen LogP contribution >= 0.6 is 0 Å². The molecule has 0 aromatic carbocycles. The Hall–Kier alpha value is -0.170. The number of sulfone groups is 1. The van der Waals surface area contributed by atoms with Crippen molar-refractivity contribution in [2.75, 3.05) is 52.2 Å². The van der Waals surface area contributed by atoms with Crippen molar-refractivity contribution in [1.29, 1.82) is 0 Å². The molecule has 16 heavy (non-hydrogen) atoms. The molecule has 98 valence electrons. The predicted octanol–water partition coefficient (Wildman–Crippen LogP) is 0.491. The van der Waals surface area contributed by atoms with Crippen LogP contribution in [-0.2, 0) is 24.0 Å². The SMILES string of the molecule is COCCOCCOC.O=S1(=O)CCCC1. The van der Waals surface area contributed by atoms with E-state index >= 15 is 0 Å². The van der Waals surface area contributed by atoms with Crippen molar-refractivity contribution in [3.63, 3.8) is 0 Å². The summed E-state index contributed by atoms with van der Waals surface area (Å²) in [7, 11) is 0.759. The van der Waals surface area contributed by atoms with E-state index in [0.717, 1.165) is 12.8 Å². The van der Waals surface area contributed by atoms with E-state index in [1.54, 1.807) is 14.2 Å². The highest BCUT2D eigenvalue weighted by Gasteiger charge is 2.16. The first-order valence-electron chi connectivity index (χ1n) is 5.38. The van der Waals surface area contributed by atoms with Crippen molar-refractivity contribution in [2.24, 2.45) is 0 Å². The average molecular weight is 254 g/mol. The van der Waals surface area contributed by atoms with Crippen molar-refractivity contribution < 1.29 is 22.6 Å². The molecule has 0 amide bonds. The van der Waals surface area contributed by atoms with Gasteiger partial charge in [-0.3, -0.25) is 0 Å². The Balaban J connectivity index is 0.000000288. The molecule has 0 atom stereocenters. The van der Waals surface area contributed by atoms with Gasteiger partial charge in [0, 0.05) is 14.2 Å². The lowest BCUT2D eigenvalue weighted by molar-refractivity contribution is 0.0385. The second-order valence-corrected chi connectivity index (χ2v) is 5.76. The third-order valence-electron chi connectivity index (χ3n) is 2.02. The molecule has 1 aliphatic rings. The monoisotopic (exact) mass is 254 g/mol. The molecule has 0 saturated carbocycles. The van der Waals surface area contributed by atoms with Crippen molar-refractivity contribution in [3.05, 3.63) is 0 Å². The molecule has 1 rings (SSSR count). The second kappa shape index (κ2) is 10.0. The molecule has 0 aromatic heterocycles. The van der Waals surface area contributed by atoms with Gasteiger partial charge in [-0.2, -0.15) is 0 Å². The zero-order chi connectivity index (χ0) is 12.3. The van der Waals surface area contributed by atoms with Crippen LogP contribution in [0.3, 0.4) is 0 Å². The molecular formula is C10H22O5S. The van der Waals surface area contributed by atoms with E-state index < -0.39 is 9.84 Å². The summed E-state index contributed by atoms with van der Waals surface area (Å²) in [6, 6.07) is 0. The molecule has 0 spiro atoms. The topological polar surface area (TPSA) is 61.8 Å². The Bertz CT molecular complexity index is 220. The van der Waals surface area contributed by atoms with E-state index in [1.165, 1.54) is 0 Å². The quantitative estimate of drug-likeness (QED) is 0.646. The predicted molar refractivity (Wildman–Crippen MR) is 62.5 cm³/mol. The standard InChI is InChI=1S/C6H14O3.C4H8O2S/c1-7-3-5-9-6-4-8-2;5-7(6)3-1-2-4-7/h3-6H2,1-2H3;1-4H2. The molecule has 1 saturated heterocycles. The summed E-state index contributed by atoms with van der Waals surface area (Å²) in [5.41, 5.74) is 0. The molecule has 0 radical (unpaired) electrons. The van der Waals surface area contributed by atoms with E-state index in [4.69, 9.17) is 14.2 Å². The van der Waals surface area contributed by atoms with Gasteiger partial charge in [-0.15, -0.1) is 0 Å². The molecule has 0 unspecified atom stereocenters. The van der Waals surface area contributed by atoms with E-state index in [0.29, 0.717) is 37.9 Å². The van der Waals surface area contributed by atoms with Crippen LogP contribution in [0.25, 0.3) is 0 Å². The Labute approximate surface area is 98.0 Å². The molecule has 0 aliphatic carbocycles. The number of hydrogen-bond acceptors (Lipinski definition) is 5. The molecule has 0 bridgehead atoms. The minimum Gasteiger partial charge on any atom is -0.382 e. The van der Waals surface area contributed by atoms with Crippen LogP contribution in [0.2, 0.25) is 0 Å². The molecule has 0 aromatic rings. The normalized spacial score (nSPS) is 17.9. The van der Waals surface area contributed by atoms with E-state index in [-0.39, 0.29) is 0 Å². The number of methoxy groups -OCH3 is 2. The first-order valence-corrected chi connectivity index (χ1v) is 7.20. The van der Waals surface area contributed by atoms with Gasteiger partial charge in [0.15, 0.2) is 0 Å². The first-order chi connectivity index (χ1) is 7.62. The zero-order valence-electron chi connectivity index (χ0n) is 10.1. The fourth-order valence-electron chi connectivity index (χ4n) is 1.13. The number of ether oxygens (including phenoxy) is 3. The number of hydrogen-bond donors (Lipinski definition) is 0. The second-order valence-electron chi connectivity index (χ2n) is 3.46. The molecule has 1 heterocycles. The lowest BCUT2D eigenvalue weighted by Crippen LogP contribution is -2.06. The Morgan fingerprint density at radius 1 is 0.875 bits per heavy atom. The smallest absolute Gasteiger partial charge is 0.150 e. The van der Waals surface area contributed by atoms with Crippen LogP contribution in [0.1, 0.15) is 12.8 Å². The Morgan fingerprint density at radius 2 is 1.31 bits per heavy atom. The largest absolute Gasteiger partial charge is 0.382 e. The average Bonchev–Trinajstić information content (AvgIpc) is 2.64. The van der Waals surface area contributed by atoms with Gasteiger partial charge in [-0.05, 0) is 12.8 Å². The third-order valence-corrected chi connectivity index (χ3v) is 3.85. The molecular weight excluding hydrogens is 232 g/mol. The van der Waals surface area contributed by atoms with E-state index in [1.807, 2.05) is 0 Å². The summed E-state index contributed by atoms with van der Waals surface area (Å²) in [6.07, 6.45) is 1.75. The van der Waals surface area contributed by atoms with Crippen molar-refractivity contribution in [2.45, 2.75) is 12.8 Å². The summed E-state index contributed by atoms with van der Waals surface area (Å²) < 4.78 is 35.4. The van der Waals surface area contributed by atoms with Gasteiger partial charge >= 0.3 is 0 Å². The highest BCUT2D eigenvalue weighted by atomic mass is 32.2. The molecule has 6 heteroatoms. The Morgan fingerprint density at radius 3 is 1.56 bits per heavy atom. The lowest BCUT2D eigenvalue weighted by atomic mass is 10.4. The molecule has 0 N–H and O–H groups in total. The van der Waals surface area contributed by atoms with Gasteiger partial charge in [0.05, 0.1) is 37.9 Å². The maximum atomic E-state index is 10.4. The number of rotatable bonds is 6. The first kappa shape index (κ1) is 15.8. The van der Waals surface area contributed by atoms with Gasteiger partial charge in [0.1, 0.15) is 9.84 Å². The highest BCUT2D eigenvalue weighted by Crippen LogP contribution is 2.08. The maximum Gasteiger partial charge on any atom is 0.150 e. The van der Waals surface area contributed by atoms with Crippen LogP contribution in [0.5, 0.6) is 0 Å². The summed E-state index contributed by atoms with van der Waals surface area (Å²) >= 11 is 0. The summed E-state index contributed by atoms with van der Waals surface area (Å²) in [5.74, 6) is 0.847. The summed E-state index contributed by atoms with van der Waals surface area (Å²) in [4.78, 5) is 0. The van der Waals surface area contributed by atoms with Crippen molar-refractivity contribution >= 4 is 9.84 Å². The molecule has 1 aliphatic heterocycles. The van der Waals surface area contributed by atoms with Crippen LogP contribution in [0.15, 0.2) is 0 Å². The third kappa shape index (κ3) is 10.4. The Kier molecular flexibility index (Phi) is 9.91. The highest BCUT2D eigenvalue weighted by molar-refractivity contribution is 7.91. The van der Waals surface area contributed by atoms with Crippen LogP contribution < -0.4 is 0 Å². The van der Waals surface area contributed by atoms with Gasteiger partial charge in [-0.25, -0.2) is 8.42 Å². The van der Waals surface area contributed by atoms with E-state index in [9.17, 15) is 8.42 Å². The summed E-state index contributed by atoms with van der Waals surface area (Å²) in [5, 5.41) is 0. The van der Waals surface area contributed by atoms with E-state index in [2.05, 4.69) is 0 Å². The van der Waals surface area contributed by atoms with Crippen molar-refractivity contribution in [1.82, 2.24) is 0 Å². The zero-order valence-corrected chi connectivity index (χ0v) is 10.9. The minimum absolute atomic E-state index is 0.424. The van der Waals surface area contributed by atoms with Gasteiger partial charge < -0.3 is 14.2 Å². The maximum absolute atomic E-state index is 10.4. The minimum atomic E-state index is -2.55. The van der Waals surface area contributed by atoms with Gasteiger partial charge in [-0.1, -0.05) is 0 Å². The fourth-order valence-corrected chi connectivity index (χ4v) is 2.62. The van der Waals surface area contributed by atoms with Crippen molar-refractivity contribution in [3.8, 4) is 0 Å². The van der Waals surface area contributed by atoms with Crippen LogP contribution in [0.4, 0.5) is 0 Å². The lowest BCUT2D eigenvalue weighted by Gasteiger charge is -2.00. The van der Waals surface area contributed by atoms with Gasteiger partial charge in [0.2, 0.25) is 0 Å². The van der Waals surface area contributed by atoms with Gasteiger partial charge in [0.25, 0.3) is 0 Å². The van der Waals surface area contributed by atoms with Crippen LogP contribution in [0, 0.1) is 0 Å².